The first-order valence-corrected chi connectivity index (χ1v) is 7.42. The zero-order chi connectivity index (χ0) is 14.0. The van der Waals surface area contributed by atoms with Gasteiger partial charge in [0.1, 0.15) is 0 Å². The number of nitrogens with two attached hydrogens (primary N) is 1. The molecule has 0 aliphatic heterocycles. The first-order valence-electron chi connectivity index (χ1n) is 5.87. The average Bonchev–Trinajstić information content (AvgIpc) is 2.27. The van der Waals surface area contributed by atoms with Crippen LogP contribution in [0.15, 0.2) is 46.9 Å². The zero-order valence-electron chi connectivity index (χ0n) is 10.5. The van der Waals surface area contributed by atoms with Crippen molar-refractivity contribution in [2.45, 2.75) is 18.9 Å². The van der Waals surface area contributed by atoms with Crippen LogP contribution in [0.4, 0.5) is 0 Å². The molecule has 0 aliphatic rings. The molecule has 1 unspecified atom stereocenters. The molecular formula is C15H14BrCl2N. The van der Waals surface area contributed by atoms with E-state index in [-0.39, 0.29) is 0 Å². The quantitative estimate of drug-likeness (QED) is 0.804. The molecular weight excluding hydrogens is 345 g/mol. The predicted molar refractivity (Wildman–Crippen MR) is 85.8 cm³/mol. The molecule has 0 spiro atoms. The fourth-order valence-electron chi connectivity index (χ4n) is 2.12. The Balaban J connectivity index is 2.31. The van der Waals surface area contributed by atoms with Gasteiger partial charge in [0.25, 0.3) is 0 Å². The van der Waals surface area contributed by atoms with E-state index in [1.54, 1.807) is 0 Å². The van der Waals surface area contributed by atoms with Crippen LogP contribution in [0.5, 0.6) is 0 Å². The Morgan fingerprint density at radius 1 is 1.16 bits per heavy atom. The number of hydrogen-bond acceptors (Lipinski definition) is 1. The zero-order valence-corrected chi connectivity index (χ0v) is 13.6. The fourth-order valence-corrected chi connectivity index (χ4v) is 3.22. The topological polar surface area (TPSA) is 26.0 Å². The highest BCUT2D eigenvalue weighted by atomic mass is 79.9. The van der Waals surface area contributed by atoms with E-state index in [2.05, 4.69) is 15.9 Å². The Hall–Kier alpha value is -0.540. The molecule has 0 heterocycles. The van der Waals surface area contributed by atoms with Crippen molar-refractivity contribution in [3.05, 3.63) is 68.1 Å². The van der Waals surface area contributed by atoms with Crippen LogP contribution in [0.25, 0.3) is 0 Å². The van der Waals surface area contributed by atoms with Gasteiger partial charge in [-0.15, -0.1) is 0 Å². The Bertz CT molecular complexity index is 596. The maximum Gasteiger partial charge on any atom is 0.0467 e. The molecule has 2 aromatic carbocycles. The number of hydrogen-bond donors (Lipinski definition) is 1. The fraction of sp³-hybridized carbons (Fsp3) is 0.200. The molecule has 0 amide bonds. The molecule has 0 saturated carbocycles. The van der Waals surface area contributed by atoms with E-state index in [1.165, 1.54) is 0 Å². The van der Waals surface area contributed by atoms with Gasteiger partial charge in [-0.2, -0.15) is 0 Å². The third-order valence-corrected chi connectivity index (χ3v) is 4.05. The van der Waals surface area contributed by atoms with Crippen molar-refractivity contribution in [1.82, 2.24) is 0 Å². The minimum absolute atomic E-state index is 0.539. The van der Waals surface area contributed by atoms with Gasteiger partial charge in [0.2, 0.25) is 0 Å². The van der Waals surface area contributed by atoms with E-state index >= 15 is 0 Å². The molecule has 0 bridgehead atoms. The van der Waals surface area contributed by atoms with Crippen LogP contribution in [-0.2, 0) is 12.0 Å². The highest BCUT2D eigenvalue weighted by molar-refractivity contribution is 9.10. The van der Waals surface area contributed by atoms with Crippen LogP contribution >= 0.6 is 39.1 Å². The summed E-state index contributed by atoms with van der Waals surface area (Å²) >= 11 is 15.7. The minimum atomic E-state index is -0.539. The van der Waals surface area contributed by atoms with Gasteiger partial charge in [-0.3, -0.25) is 0 Å². The van der Waals surface area contributed by atoms with Crippen LogP contribution in [-0.4, -0.2) is 0 Å². The maximum absolute atomic E-state index is 6.43. The summed E-state index contributed by atoms with van der Waals surface area (Å²) in [6.45, 7) is 1.98. The third kappa shape index (κ3) is 3.73. The van der Waals surface area contributed by atoms with E-state index in [1.807, 2.05) is 49.4 Å². The van der Waals surface area contributed by atoms with E-state index in [4.69, 9.17) is 28.9 Å². The Morgan fingerprint density at radius 2 is 1.89 bits per heavy atom. The van der Waals surface area contributed by atoms with Crippen LogP contribution in [0.3, 0.4) is 0 Å². The molecule has 0 fully saturated rings. The van der Waals surface area contributed by atoms with Gasteiger partial charge in [-0.05, 0) is 48.7 Å². The highest BCUT2D eigenvalue weighted by Gasteiger charge is 2.24. The normalized spacial score (nSPS) is 14.2. The minimum Gasteiger partial charge on any atom is -0.321 e. The van der Waals surface area contributed by atoms with Crippen molar-refractivity contribution in [1.29, 1.82) is 0 Å². The lowest BCUT2D eigenvalue weighted by Crippen LogP contribution is -2.35. The molecule has 100 valence electrons. The highest BCUT2D eigenvalue weighted by Crippen LogP contribution is 2.31. The molecule has 0 radical (unpaired) electrons. The maximum atomic E-state index is 6.43. The summed E-state index contributed by atoms with van der Waals surface area (Å²) in [6, 6.07) is 13.5. The molecule has 4 heteroatoms. The van der Waals surface area contributed by atoms with Crippen molar-refractivity contribution in [2.24, 2.45) is 5.73 Å². The van der Waals surface area contributed by atoms with Crippen molar-refractivity contribution in [3.63, 3.8) is 0 Å². The molecule has 2 N–H and O–H groups in total. The SMILES string of the molecule is CC(N)(Cc1cccc(Cl)c1)c1ccc(Br)cc1Cl. The lowest BCUT2D eigenvalue weighted by molar-refractivity contribution is 0.491. The van der Waals surface area contributed by atoms with Gasteiger partial charge < -0.3 is 5.73 Å². The van der Waals surface area contributed by atoms with Gasteiger partial charge in [0, 0.05) is 20.1 Å². The third-order valence-electron chi connectivity index (χ3n) is 3.01. The lowest BCUT2D eigenvalue weighted by Gasteiger charge is -2.26. The van der Waals surface area contributed by atoms with Crippen molar-refractivity contribution >= 4 is 39.1 Å². The smallest absolute Gasteiger partial charge is 0.0467 e. The van der Waals surface area contributed by atoms with Crippen LogP contribution in [0, 0.1) is 0 Å². The van der Waals surface area contributed by atoms with E-state index in [0.717, 1.165) is 20.6 Å². The standard InChI is InChI=1S/C15H14BrCl2N/c1-15(19,9-10-3-2-4-12(17)7-10)13-6-5-11(16)8-14(13)18/h2-8H,9,19H2,1H3. The average molecular weight is 359 g/mol. The van der Waals surface area contributed by atoms with Crippen molar-refractivity contribution in [3.8, 4) is 0 Å². The first-order chi connectivity index (χ1) is 8.88. The second kappa shape index (κ2) is 5.84. The largest absolute Gasteiger partial charge is 0.321 e. The molecule has 1 nitrogen and oxygen atoms in total. The molecule has 2 rings (SSSR count). The van der Waals surface area contributed by atoms with E-state index in [9.17, 15) is 0 Å². The van der Waals surface area contributed by atoms with Crippen molar-refractivity contribution < 1.29 is 0 Å². The van der Waals surface area contributed by atoms with Crippen LogP contribution < -0.4 is 5.73 Å². The van der Waals surface area contributed by atoms with Gasteiger partial charge in [-0.25, -0.2) is 0 Å². The monoisotopic (exact) mass is 357 g/mol. The Kier molecular flexibility index (Phi) is 4.57. The molecule has 0 saturated heterocycles. The molecule has 1 atom stereocenters. The summed E-state index contributed by atoms with van der Waals surface area (Å²) in [6.07, 6.45) is 0.676. The van der Waals surface area contributed by atoms with Gasteiger partial charge in [0.15, 0.2) is 0 Å². The molecule has 19 heavy (non-hydrogen) atoms. The van der Waals surface area contributed by atoms with E-state index < -0.39 is 5.54 Å². The number of halogens is 3. The summed E-state index contributed by atoms with van der Waals surface area (Å²) < 4.78 is 0.944. The summed E-state index contributed by atoms with van der Waals surface area (Å²) in [5.41, 5.74) is 7.91. The van der Waals surface area contributed by atoms with Gasteiger partial charge in [0.05, 0.1) is 0 Å². The van der Waals surface area contributed by atoms with Crippen molar-refractivity contribution in [2.75, 3.05) is 0 Å². The van der Waals surface area contributed by atoms with Gasteiger partial charge in [-0.1, -0.05) is 57.3 Å². The first kappa shape index (κ1) is 14.9. The van der Waals surface area contributed by atoms with Gasteiger partial charge >= 0.3 is 0 Å². The summed E-state index contributed by atoms with van der Waals surface area (Å²) in [5, 5.41) is 1.39. The Morgan fingerprint density at radius 3 is 2.53 bits per heavy atom. The second-order valence-electron chi connectivity index (χ2n) is 4.85. The summed E-state index contributed by atoms with van der Waals surface area (Å²) in [7, 11) is 0. The molecule has 0 aromatic heterocycles. The second-order valence-corrected chi connectivity index (χ2v) is 6.61. The number of benzene rings is 2. The van der Waals surface area contributed by atoms with Crippen LogP contribution in [0.2, 0.25) is 10.0 Å². The number of rotatable bonds is 3. The summed E-state index contributed by atoms with van der Waals surface area (Å²) in [5.74, 6) is 0. The van der Waals surface area contributed by atoms with E-state index in [0.29, 0.717) is 11.4 Å². The summed E-state index contributed by atoms with van der Waals surface area (Å²) in [4.78, 5) is 0. The molecule has 2 aromatic rings. The molecule has 0 aliphatic carbocycles. The van der Waals surface area contributed by atoms with Crippen LogP contribution in [0.1, 0.15) is 18.1 Å². The Labute approximate surface area is 131 Å². The predicted octanol–water partition coefficient (Wildman–Crippen LogP) is 5.17. The lowest BCUT2D eigenvalue weighted by atomic mass is 9.86.